The van der Waals surface area contributed by atoms with Crippen LogP contribution in [0.1, 0.15) is 5.56 Å². The molecule has 1 aliphatic rings. The zero-order chi connectivity index (χ0) is 13.3. The first-order valence-electron chi connectivity index (χ1n) is 5.44. The van der Waals surface area contributed by atoms with Crippen molar-refractivity contribution in [1.82, 2.24) is 0 Å². The van der Waals surface area contributed by atoms with E-state index in [4.69, 9.17) is 18.0 Å². The summed E-state index contributed by atoms with van der Waals surface area (Å²) >= 11 is 4.77. The van der Waals surface area contributed by atoms with Crippen molar-refractivity contribution in [3.05, 3.63) is 29.6 Å². The van der Waals surface area contributed by atoms with E-state index in [1.165, 1.54) is 6.07 Å². The number of nitrogens with two attached hydrogens (primary N) is 1. The van der Waals surface area contributed by atoms with E-state index in [1.54, 1.807) is 17.0 Å². The monoisotopic (exact) mass is 288 g/mol. The zero-order valence-corrected chi connectivity index (χ0v) is 11.2. The minimum atomic E-state index is -2.96. The van der Waals surface area contributed by atoms with Crippen LogP contribution in [0.2, 0.25) is 0 Å². The topological polar surface area (TPSA) is 63.4 Å². The van der Waals surface area contributed by atoms with Crippen molar-refractivity contribution in [3.63, 3.8) is 0 Å². The molecule has 0 radical (unpaired) electrons. The lowest BCUT2D eigenvalue weighted by molar-refractivity contribution is 0.581. The molecule has 1 saturated heterocycles. The molecule has 0 amide bonds. The lowest BCUT2D eigenvalue weighted by atomic mass is 10.2. The van der Waals surface area contributed by atoms with Gasteiger partial charge in [0.1, 0.15) is 10.8 Å². The summed E-state index contributed by atoms with van der Waals surface area (Å²) < 4.78 is 36.5. The number of hydrogen-bond acceptors (Lipinski definition) is 4. The van der Waals surface area contributed by atoms with Crippen LogP contribution in [-0.2, 0) is 9.84 Å². The molecule has 1 fully saturated rings. The van der Waals surface area contributed by atoms with Gasteiger partial charge >= 0.3 is 0 Å². The highest BCUT2D eigenvalue weighted by Crippen LogP contribution is 2.22. The van der Waals surface area contributed by atoms with Crippen molar-refractivity contribution < 1.29 is 12.8 Å². The Bertz CT molecular complexity index is 573. The van der Waals surface area contributed by atoms with Crippen molar-refractivity contribution in [3.8, 4) is 0 Å². The van der Waals surface area contributed by atoms with Crippen LogP contribution in [0.5, 0.6) is 0 Å². The average molecular weight is 288 g/mol. The third-order valence-electron chi connectivity index (χ3n) is 2.92. The molecule has 1 aromatic carbocycles. The van der Waals surface area contributed by atoms with E-state index < -0.39 is 15.7 Å². The largest absolute Gasteiger partial charge is 0.389 e. The SMILES string of the molecule is NC(=S)c1ccc(N2CCS(=O)(=O)CC2)c(F)c1. The number of nitrogens with zero attached hydrogens (tertiary/aromatic N) is 1. The van der Waals surface area contributed by atoms with Gasteiger partial charge in [0.2, 0.25) is 0 Å². The molecule has 4 nitrogen and oxygen atoms in total. The Morgan fingerprint density at radius 2 is 1.94 bits per heavy atom. The van der Waals surface area contributed by atoms with E-state index in [9.17, 15) is 12.8 Å². The summed E-state index contributed by atoms with van der Waals surface area (Å²) in [6.07, 6.45) is 0. The Morgan fingerprint density at radius 3 is 2.44 bits per heavy atom. The van der Waals surface area contributed by atoms with Crippen LogP contribution in [0.25, 0.3) is 0 Å². The number of anilines is 1. The number of thiocarbonyl (C=S) groups is 1. The summed E-state index contributed by atoms with van der Waals surface area (Å²) in [5.74, 6) is -0.313. The van der Waals surface area contributed by atoms with Crippen LogP contribution in [-0.4, -0.2) is 38.0 Å². The molecule has 2 rings (SSSR count). The first-order valence-corrected chi connectivity index (χ1v) is 7.67. The standard InChI is InChI=1S/C11H13FN2O2S2/c12-9-7-8(11(13)17)1-2-10(9)14-3-5-18(15,16)6-4-14/h1-2,7H,3-6H2,(H2,13,17). The maximum Gasteiger partial charge on any atom is 0.153 e. The van der Waals surface area contributed by atoms with Gasteiger partial charge in [-0.25, -0.2) is 12.8 Å². The molecular weight excluding hydrogens is 275 g/mol. The average Bonchev–Trinajstić information content (AvgIpc) is 2.29. The number of benzene rings is 1. The molecule has 0 aromatic heterocycles. The summed E-state index contributed by atoms with van der Waals surface area (Å²) in [4.78, 5) is 1.86. The van der Waals surface area contributed by atoms with Gasteiger partial charge < -0.3 is 10.6 Å². The van der Waals surface area contributed by atoms with Crippen LogP contribution in [0.3, 0.4) is 0 Å². The summed E-state index contributed by atoms with van der Waals surface area (Å²) in [6.45, 7) is 0.622. The van der Waals surface area contributed by atoms with Gasteiger partial charge in [0.15, 0.2) is 9.84 Å². The van der Waals surface area contributed by atoms with Crippen LogP contribution in [0, 0.1) is 5.82 Å². The minimum Gasteiger partial charge on any atom is -0.389 e. The van der Waals surface area contributed by atoms with Gasteiger partial charge in [-0.15, -0.1) is 0 Å². The van der Waals surface area contributed by atoms with Gasteiger partial charge in [-0.2, -0.15) is 0 Å². The summed E-state index contributed by atoms with van der Waals surface area (Å²) in [6, 6.07) is 4.51. The Morgan fingerprint density at radius 1 is 1.33 bits per heavy atom. The van der Waals surface area contributed by atoms with Gasteiger partial charge in [0, 0.05) is 18.7 Å². The number of halogens is 1. The first-order chi connectivity index (χ1) is 8.39. The predicted molar refractivity (Wildman–Crippen MR) is 73.2 cm³/mol. The maximum atomic E-state index is 13.9. The molecular formula is C11H13FN2O2S2. The summed E-state index contributed by atoms with van der Waals surface area (Å²) in [5, 5.41) is 0. The molecule has 0 bridgehead atoms. The molecule has 0 unspecified atom stereocenters. The van der Waals surface area contributed by atoms with Crippen LogP contribution in [0.4, 0.5) is 10.1 Å². The fourth-order valence-electron chi connectivity index (χ4n) is 1.87. The van der Waals surface area contributed by atoms with E-state index in [0.29, 0.717) is 24.3 Å². The van der Waals surface area contributed by atoms with Crippen LogP contribution in [0.15, 0.2) is 18.2 Å². The molecule has 0 aliphatic carbocycles. The molecule has 1 heterocycles. The van der Waals surface area contributed by atoms with Crippen LogP contribution >= 0.6 is 12.2 Å². The maximum absolute atomic E-state index is 13.9. The van der Waals surface area contributed by atoms with Crippen molar-refractivity contribution >= 4 is 32.7 Å². The highest BCUT2D eigenvalue weighted by molar-refractivity contribution is 7.91. The molecule has 1 aromatic rings. The summed E-state index contributed by atoms with van der Waals surface area (Å²) in [5.41, 5.74) is 6.28. The van der Waals surface area contributed by atoms with E-state index in [1.807, 2.05) is 0 Å². The zero-order valence-electron chi connectivity index (χ0n) is 9.60. The molecule has 0 atom stereocenters. The Hall–Kier alpha value is -1.21. The van der Waals surface area contributed by atoms with Gasteiger partial charge in [-0.1, -0.05) is 12.2 Å². The highest BCUT2D eigenvalue weighted by Gasteiger charge is 2.23. The highest BCUT2D eigenvalue weighted by atomic mass is 32.2. The normalized spacial score (nSPS) is 18.6. The quantitative estimate of drug-likeness (QED) is 0.812. The number of sulfone groups is 1. The van der Waals surface area contributed by atoms with Gasteiger partial charge in [0.05, 0.1) is 17.2 Å². The van der Waals surface area contributed by atoms with Gasteiger partial charge in [-0.3, -0.25) is 0 Å². The number of hydrogen-bond donors (Lipinski definition) is 1. The van der Waals surface area contributed by atoms with Crippen molar-refractivity contribution in [2.24, 2.45) is 5.73 Å². The molecule has 0 saturated carbocycles. The minimum absolute atomic E-state index is 0.0590. The fraction of sp³-hybridized carbons (Fsp3) is 0.364. The lowest BCUT2D eigenvalue weighted by Gasteiger charge is -2.29. The molecule has 2 N–H and O–H groups in total. The van der Waals surface area contributed by atoms with Crippen molar-refractivity contribution in [2.75, 3.05) is 29.5 Å². The van der Waals surface area contributed by atoms with E-state index in [0.717, 1.165) is 0 Å². The van der Waals surface area contributed by atoms with Gasteiger partial charge in [0.25, 0.3) is 0 Å². The Balaban J connectivity index is 2.22. The smallest absolute Gasteiger partial charge is 0.153 e. The van der Waals surface area contributed by atoms with Crippen molar-refractivity contribution in [2.45, 2.75) is 0 Å². The predicted octanol–water partition coefficient (Wildman–Crippen LogP) is 0.695. The van der Waals surface area contributed by atoms with E-state index >= 15 is 0 Å². The number of rotatable bonds is 2. The molecule has 18 heavy (non-hydrogen) atoms. The van der Waals surface area contributed by atoms with Crippen LogP contribution < -0.4 is 10.6 Å². The third kappa shape index (κ3) is 2.78. The van der Waals surface area contributed by atoms with Gasteiger partial charge in [-0.05, 0) is 18.2 Å². The fourth-order valence-corrected chi connectivity index (χ4v) is 3.20. The van der Waals surface area contributed by atoms with Crippen molar-refractivity contribution in [1.29, 1.82) is 0 Å². The second kappa shape index (κ2) is 4.81. The van der Waals surface area contributed by atoms with E-state index in [2.05, 4.69) is 0 Å². The third-order valence-corrected chi connectivity index (χ3v) is 4.76. The molecule has 1 aliphatic heterocycles. The van der Waals surface area contributed by atoms with E-state index in [-0.39, 0.29) is 16.5 Å². The second-order valence-electron chi connectivity index (χ2n) is 4.17. The first kappa shape index (κ1) is 13.2. The second-order valence-corrected chi connectivity index (χ2v) is 6.91. The Labute approximate surface area is 110 Å². The molecule has 98 valence electrons. The Kier molecular flexibility index (Phi) is 3.54. The molecule has 7 heteroatoms. The lowest BCUT2D eigenvalue weighted by Crippen LogP contribution is -2.40. The molecule has 0 spiro atoms. The summed E-state index contributed by atoms with van der Waals surface area (Å²) in [7, 11) is -2.96.